The quantitative estimate of drug-likeness (QED) is 0.235. The van der Waals surface area contributed by atoms with Gasteiger partial charge in [0.1, 0.15) is 11.5 Å². The summed E-state index contributed by atoms with van der Waals surface area (Å²) in [4.78, 5) is 0. The van der Waals surface area contributed by atoms with Crippen LogP contribution in [0.15, 0.2) is 91.0 Å². The predicted octanol–water partition coefficient (Wildman–Crippen LogP) is 10.6. The first-order chi connectivity index (χ1) is 18.2. The highest BCUT2D eigenvalue weighted by Gasteiger charge is 2.13. The Kier molecular flexibility index (Phi) is 6.95. The maximum absolute atomic E-state index is 6.48. The van der Waals surface area contributed by atoms with Gasteiger partial charge in [0, 0.05) is 0 Å². The zero-order chi connectivity index (χ0) is 27.0. The molecule has 0 N–H and O–H groups in total. The second-order valence-electron chi connectivity index (χ2n) is 10.7. The maximum Gasteiger partial charge on any atom is 0.128 e. The molecule has 0 fully saturated rings. The molecule has 5 aromatic carbocycles. The molecule has 0 heterocycles. The molecule has 0 spiro atoms. The van der Waals surface area contributed by atoms with Gasteiger partial charge in [-0.15, -0.1) is 0 Å². The van der Waals surface area contributed by atoms with Crippen molar-refractivity contribution in [1.29, 1.82) is 0 Å². The highest BCUT2D eigenvalue weighted by atomic mass is 16.5. The molecule has 5 aromatic rings. The van der Waals surface area contributed by atoms with Gasteiger partial charge in [-0.05, 0) is 140 Å². The fraction of sp³-hybridized carbons (Fsp3) is 0.189. The van der Waals surface area contributed by atoms with Crippen LogP contribution in [0.4, 0.5) is 0 Å². The van der Waals surface area contributed by atoms with Crippen LogP contribution in [-0.4, -0.2) is 0 Å². The molecular weight excluding hydrogens is 460 g/mol. The third-order valence-electron chi connectivity index (χ3n) is 7.67. The lowest BCUT2D eigenvalue weighted by atomic mass is 9.92. The van der Waals surface area contributed by atoms with Crippen LogP contribution >= 0.6 is 0 Å². The molecule has 0 aromatic heterocycles. The van der Waals surface area contributed by atoms with Crippen molar-refractivity contribution < 1.29 is 4.74 Å². The Labute approximate surface area is 227 Å². The van der Waals surface area contributed by atoms with Gasteiger partial charge in [0.25, 0.3) is 0 Å². The first-order valence-corrected chi connectivity index (χ1v) is 13.3. The van der Waals surface area contributed by atoms with E-state index in [2.05, 4.69) is 139 Å². The van der Waals surface area contributed by atoms with Crippen LogP contribution in [-0.2, 0) is 0 Å². The van der Waals surface area contributed by atoms with E-state index in [-0.39, 0.29) is 0 Å². The van der Waals surface area contributed by atoms with Gasteiger partial charge in [-0.1, -0.05) is 71.8 Å². The van der Waals surface area contributed by atoms with Crippen molar-refractivity contribution in [3.8, 4) is 44.9 Å². The normalized spacial score (nSPS) is 11.0. The Balaban J connectivity index is 1.51. The summed E-state index contributed by atoms with van der Waals surface area (Å²) in [5, 5.41) is 0. The van der Waals surface area contributed by atoms with Gasteiger partial charge in [-0.2, -0.15) is 0 Å². The highest BCUT2D eigenvalue weighted by Crippen LogP contribution is 2.37. The molecule has 0 unspecified atom stereocenters. The van der Waals surface area contributed by atoms with Gasteiger partial charge < -0.3 is 4.74 Å². The van der Waals surface area contributed by atoms with E-state index in [1.54, 1.807) is 0 Å². The van der Waals surface area contributed by atoms with Crippen molar-refractivity contribution >= 4 is 0 Å². The first kappa shape index (κ1) is 25.5. The second kappa shape index (κ2) is 10.3. The van der Waals surface area contributed by atoms with Gasteiger partial charge in [0.15, 0.2) is 0 Å². The van der Waals surface area contributed by atoms with Crippen molar-refractivity contribution in [3.63, 3.8) is 0 Å². The minimum atomic E-state index is 0.845. The molecule has 0 amide bonds. The number of rotatable bonds is 5. The van der Waals surface area contributed by atoms with E-state index in [0.717, 1.165) is 11.5 Å². The fourth-order valence-corrected chi connectivity index (χ4v) is 5.20. The summed E-state index contributed by atoms with van der Waals surface area (Å²) < 4.78 is 6.48. The van der Waals surface area contributed by atoms with Crippen molar-refractivity contribution in [1.82, 2.24) is 0 Å². The first-order valence-electron chi connectivity index (χ1n) is 13.3. The van der Waals surface area contributed by atoms with E-state index in [9.17, 15) is 0 Å². The highest BCUT2D eigenvalue weighted by molar-refractivity contribution is 5.78. The van der Waals surface area contributed by atoms with Crippen molar-refractivity contribution in [2.45, 2.75) is 48.5 Å². The smallest absolute Gasteiger partial charge is 0.128 e. The maximum atomic E-state index is 6.48. The summed E-state index contributed by atoms with van der Waals surface area (Å²) in [6, 6.07) is 32.8. The van der Waals surface area contributed by atoms with E-state index in [4.69, 9.17) is 4.74 Å². The van der Waals surface area contributed by atoms with Crippen LogP contribution in [0.25, 0.3) is 33.4 Å². The SMILES string of the molecule is Cc1ccc(-c2ccc(C)c(-c3cc(Oc4ccc(C)c(-c5cc(C)cc(C)c5C)c4)ccc3C)c2)cc1. The Hall–Kier alpha value is -4.10. The zero-order valence-electron chi connectivity index (χ0n) is 23.6. The molecule has 0 atom stereocenters. The average Bonchev–Trinajstić information content (AvgIpc) is 2.89. The summed E-state index contributed by atoms with van der Waals surface area (Å²) in [5.74, 6) is 1.70. The summed E-state index contributed by atoms with van der Waals surface area (Å²) in [5.41, 5.74) is 16.3. The fourth-order valence-electron chi connectivity index (χ4n) is 5.20. The molecular formula is C37H36O. The second-order valence-corrected chi connectivity index (χ2v) is 10.7. The van der Waals surface area contributed by atoms with E-state index >= 15 is 0 Å². The Bertz CT molecular complexity index is 1640. The van der Waals surface area contributed by atoms with Gasteiger partial charge in [-0.25, -0.2) is 0 Å². The largest absolute Gasteiger partial charge is 0.457 e. The number of hydrogen-bond donors (Lipinski definition) is 0. The molecule has 0 aliphatic heterocycles. The third-order valence-corrected chi connectivity index (χ3v) is 7.67. The number of hydrogen-bond acceptors (Lipinski definition) is 1. The topological polar surface area (TPSA) is 9.23 Å². The lowest BCUT2D eigenvalue weighted by Gasteiger charge is -2.16. The zero-order valence-corrected chi connectivity index (χ0v) is 23.6. The molecule has 0 bridgehead atoms. The molecule has 0 radical (unpaired) electrons. The van der Waals surface area contributed by atoms with E-state index in [1.165, 1.54) is 72.3 Å². The Morgan fingerprint density at radius 1 is 0.368 bits per heavy atom. The number of aryl methyl sites for hydroxylation is 6. The summed E-state index contributed by atoms with van der Waals surface area (Å²) in [6.07, 6.45) is 0. The van der Waals surface area contributed by atoms with Crippen LogP contribution < -0.4 is 4.74 Å². The minimum absolute atomic E-state index is 0.845. The van der Waals surface area contributed by atoms with Gasteiger partial charge in [0.2, 0.25) is 0 Å². The van der Waals surface area contributed by atoms with Crippen LogP contribution in [0.1, 0.15) is 38.9 Å². The lowest BCUT2D eigenvalue weighted by molar-refractivity contribution is 0.483. The van der Waals surface area contributed by atoms with Crippen LogP contribution in [0, 0.1) is 48.5 Å². The van der Waals surface area contributed by atoms with Gasteiger partial charge in [0.05, 0.1) is 0 Å². The molecule has 0 saturated heterocycles. The van der Waals surface area contributed by atoms with E-state index in [0.29, 0.717) is 0 Å². The Morgan fingerprint density at radius 3 is 1.47 bits per heavy atom. The molecule has 0 aliphatic rings. The minimum Gasteiger partial charge on any atom is -0.457 e. The number of ether oxygens (including phenoxy) is 1. The lowest BCUT2D eigenvalue weighted by Crippen LogP contribution is -1.94. The van der Waals surface area contributed by atoms with Gasteiger partial charge >= 0.3 is 0 Å². The van der Waals surface area contributed by atoms with Crippen molar-refractivity contribution in [3.05, 3.63) is 130 Å². The van der Waals surface area contributed by atoms with Crippen molar-refractivity contribution in [2.75, 3.05) is 0 Å². The summed E-state index contributed by atoms with van der Waals surface area (Å²) >= 11 is 0. The van der Waals surface area contributed by atoms with Crippen LogP contribution in [0.3, 0.4) is 0 Å². The molecule has 5 rings (SSSR count). The Morgan fingerprint density at radius 2 is 0.868 bits per heavy atom. The van der Waals surface area contributed by atoms with E-state index in [1.807, 2.05) is 0 Å². The summed E-state index contributed by atoms with van der Waals surface area (Å²) in [6.45, 7) is 15.2. The molecule has 1 nitrogen and oxygen atoms in total. The monoisotopic (exact) mass is 496 g/mol. The average molecular weight is 497 g/mol. The molecule has 0 saturated carbocycles. The van der Waals surface area contributed by atoms with Crippen LogP contribution in [0.5, 0.6) is 11.5 Å². The standard InChI is InChI=1S/C37H36O/c1-23-8-13-30(14-9-23)31-15-10-25(3)34(20-31)35-21-32(16-11-26(35)4)38-33-17-12-27(5)36(22-33)37-19-24(2)18-28(6)29(37)7/h8-22H,1-7H3. The predicted molar refractivity (Wildman–Crippen MR) is 162 cm³/mol. The van der Waals surface area contributed by atoms with Gasteiger partial charge in [-0.3, -0.25) is 0 Å². The molecule has 38 heavy (non-hydrogen) atoms. The number of benzene rings is 5. The summed E-state index contributed by atoms with van der Waals surface area (Å²) in [7, 11) is 0. The molecule has 1 heteroatoms. The third kappa shape index (κ3) is 5.15. The van der Waals surface area contributed by atoms with E-state index < -0.39 is 0 Å². The molecule has 0 aliphatic carbocycles. The van der Waals surface area contributed by atoms with Crippen LogP contribution in [0.2, 0.25) is 0 Å². The van der Waals surface area contributed by atoms with Crippen molar-refractivity contribution in [2.24, 2.45) is 0 Å². The molecule has 190 valence electrons.